The third kappa shape index (κ3) is 22.4. The summed E-state index contributed by atoms with van der Waals surface area (Å²) in [6, 6.07) is 0. The summed E-state index contributed by atoms with van der Waals surface area (Å²) < 4.78 is 0. The molecule has 0 saturated heterocycles. The van der Waals surface area contributed by atoms with E-state index in [1.165, 1.54) is 0 Å². The van der Waals surface area contributed by atoms with Crippen LogP contribution in [0.4, 0.5) is 0 Å². The molecule has 0 radical (unpaired) electrons. The van der Waals surface area contributed by atoms with Gasteiger partial charge in [0.2, 0.25) is 0 Å². The normalized spacial score (nSPS) is 0. The van der Waals surface area contributed by atoms with Gasteiger partial charge in [0.1, 0.15) is 0 Å². The van der Waals surface area contributed by atoms with E-state index in [0.717, 1.165) is 0 Å². The molecule has 0 spiro atoms. The van der Waals surface area contributed by atoms with Crippen molar-refractivity contribution in [3.05, 3.63) is 0 Å². The van der Waals surface area contributed by atoms with Crippen LogP contribution in [0.1, 0.15) is 0 Å². The average Bonchev–Trinajstić information content (AvgIpc) is 0. The van der Waals surface area contributed by atoms with Gasteiger partial charge in [0.05, 0.1) is 0 Å². The molecule has 0 unspecified atom stereocenters. The van der Waals surface area contributed by atoms with Gasteiger partial charge in [-0.3, -0.25) is 0 Å². The molecule has 34 valence electrons. The Morgan fingerprint density at radius 3 is 0.600 bits per heavy atom. The predicted molar refractivity (Wildman–Crippen MR) is 22.1 cm³/mol. The first-order chi connectivity index (χ1) is 0. The third-order valence-electron chi connectivity index (χ3n) is 0. The van der Waals surface area contributed by atoms with Crippen LogP contribution in [0.15, 0.2) is 0 Å². The van der Waals surface area contributed by atoms with Gasteiger partial charge < -0.3 is 40.5 Å². The van der Waals surface area contributed by atoms with E-state index in [4.69, 9.17) is 0 Å². The Balaban J connectivity index is 0. The van der Waals surface area contributed by atoms with Crippen molar-refractivity contribution in [2.75, 3.05) is 0 Å². The molecule has 0 aromatic heterocycles. The van der Waals surface area contributed by atoms with Crippen LogP contribution < -0.4 is 0 Å². The summed E-state index contributed by atoms with van der Waals surface area (Å²) in [5.74, 6) is 0. The van der Waals surface area contributed by atoms with Crippen LogP contribution in [-0.2, 0) is 78.0 Å². The molecule has 0 rings (SSSR count). The van der Waals surface area contributed by atoms with E-state index in [1.54, 1.807) is 0 Å². The van der Waals surface area contributed by atoms with Crippen LogP contribution in [0.3, 0.4) is 0 Å². The van der Waals surface area contributed by atoms with Crippen LogP contribution >= 0.6 is 0 Å². The standard InChI is InChI=1S/Ni.3S.W/q;3*-2;+6. The molecule has 0 amide bonds. The maximum Gasteiger partial charge on any atom is 6.00 e. The molecule has 0 aromatic rings. The van der Waals surface area contributed by atoms with Gasteiger partial charge in [-0.1, -0.05) is 0 Å². The molecule has 0 N–H and O–H groups in total. The van der Waals surface area contributed by atoms with Crippen LogP contribution in [0.25, 0.3) is 0 Å². The Morgan fingerprint density at radius 2 is 0.600 bits per heavy atom. The minimum atomic E-state index is 0. The van der Waals surface area contributed by atoms with Crippen molar-refractivity contribution in [3.63, 3.8) is 0 Å². The molecule has 5 heavy (non-hydrogen) atoms. The van der Waals surface area contributed by atoms with E-state index in [-0.39, 0.29) is 78.0 Å². The van der Waals surface area contributed by atoms with Crippen molar-refractivity contribution in [3.8, 4) is 0 Å². The summed E-state index contributed by atoms with van der Waals surface area (Å²) >= 11 is 0. The molecule has 0 nitrogen and oxygen atoms in total. The number of rotatable bonds is 0. The summed E-state index contributed by atoms with van der Waals surface area (Å²) in [4.78, 5) is 0. The zero-order valence-corrected chi connectivity index (χ0v) is 8.32. The van der Waals surface area contributed by atoms with Crippen LogP contribution in [-0.4, -0.2) is 0 Å². The van der Waals surface area contributed by atoms with E-state index in [2.05, 4.69) is 0 Å². The predicted octanol–water partition coefficient (Wildman–Crippen LogP) is -0.0122. The number of hydrogen-bond acceptors (Lipinski definition) is 0. The van der Waals surface area contributed by atoms with Gasteiger partial charge in [-0.2, -0.15) is 0 Å². The second-order valence-corrected chi connectivity index (χ2v) is 0. The van der Waals surface area contributed by atoms with Gasteiger partial charge in [-0.25, -0.2) is 0 Å². The molecule has 0 heterocycles. The topological polar surface area (TPSA) is 0 Å². The minimum absolute atomic E-state index is 0. The first kappa shape index (κ1) is 56.4. The van der Waals surface area contributed by atoms with Crippen molar-refractivity contribution in [2.45, 2.75) is 0 Å². The fourth-order valence-electron chi connectivity index (χ4n) is 0. The fourth-order valence-corrected chi connectivity index (χ4v) is 0. The number of hydrogen-bond donors (Lipinski definition) is 0. The summed E-state index contributed by atoms with van der Waals surface area (Å²) in [5.41, 5.74) is 0. The van der Waals surface area contributed by atoms with E-state index in [1.807, 2.05) is 0 Å². The maximum absolute atomic E-state index is 0. The molecule has 0 saturated carbocycles. The van der Waals surface area contributed by atoms with Gasteiger partial charge in [0.25, 0.3) is 0 Å². The molecule has 0 atom stereocenters. The van der Waals surface area contributed by atoms with Gasteiger partial charge in [-0.15, -0.1) is 0 Å². The molecule has 0 aliphatic carbocycles. The summed E-state index contributed by atoms with van der Waals surface area (Å²) in [5, 5.41) is 0. The van der Waals surface area contributed by atoms with Crippen LogP contribution in [0.2, 0.25) is 0 Å². The Hall–Kier alpha value is 2.23. The first-order valence-electron chi connectivity index (χ1n) is 0. The van der Waals surface area contributed by atoms with E-state index < -0.39 is 0 Å². The molecular formula is NiS3W. The first-order valence-corrected chi connectivity index (χ1v) is 0. The van der Waals surface area contributed by atoms with Crippen molar-refractivity contribution >= 4 is 40.5 Å². The second kappa shape index (κ2) is 34.2. The summed E-state index contributed by atoms with van der Waals surface area (Å²) in [7, 11) is 0. The van der Waals surface area contributed by atoms with Gasteiger partial charge in [0.15, 0.2) is 0 Å². The van der Waals surface area contributed by atoms with E-state index in [9.17, 15) is 0 Å². The molecule has 5 heteroatoms. The zero-order chi connectivity index (χ0) is 0. The smallest absolute Gasteiger partial charge is 2.00 e. The average molecular weight is 339 g/mol. The van der Waals surface area contributed by atoms with Crippen molar-refractivity contribution < 1.29 is 37.6 Å². The Morgan fingerprint density at radius 1 is 0.600 bits per heavy atom. The Bertz CT molecular complexity index is 6.85. The van der Waals surface area contributed by atoms with Crippen molar-refractivity contribution in [1.82, 2.24) is 0 Å². The van der Waals surface area contributed by atoms with Crippen LogP contribution in [0, 0.1) is 0 Å². The van der Waals surface area contributed by atoms with Crippen LogP contribution in [0.5, 0.6) is 0 Å². The molecule has 0 aliphatic rings. The van der Waals surface area contributed by atoms with E-state index in [0.29, 0.717) is 0 Å². The van der Waals surface area contributed by atoms with Gasteiger partial charge in [-0.05, 0) is 0 Å². The zero-order valence-electron chi connectivity index (χ0n) is 1.95. The largest absolute Gasteiger partial charge is 6.00 e. The monoisotopic (exact) mass is 338 g/mol. The van der Waals surface area contributed by atoms with E-state index >= 15 is 0 Å². The summed E-state index contributed by atoms with van der Waals surface area (Å²) in [6.45, 7) is 0. The SMILES string of the molecule is [Ni].[S-2].[S-2].[S-2].[W+6]. The molecule has 0 bridgehead atoms. The third-order valence-corrected chi connectivity index (χ3v) is 0. The van der Waals surface area contributed by atoms with Crippen molar-refractivity contribution in [1.29, 1.82) is 0 Å². The maximum atomic E-state index is 0. The van der Waals surface area contributed by atoms with Gasteiger partial charge in [0, 0.05) is 16.5 Å². The molecule has 0 aromatic carbocycles. The van der Waals surface area contributed by atoms with Crippen molar-refractivity contribution in [2.24, 2.45) is 0 Å². The molecule has 0 aliphatic heterocycles. The van der Waals surface area contributed by atoms with Gasteiger partial charge >= 0.3 is 21.1 Å². The quantitative estimate of drug-likeness (QED) is 0.545. The fraction of sp³-hybridized carbons (Fsp3) is 0. The molecular weight excluding hydrogens is 339 g/mol. The second-order valence-electron chi connectivity index (χ2n) is 0. The minimum Gasteiger partial charge on any atom is -2.00 e. The summed E-state index contributed by atoms with van der Waals surface area (Å²) in [6.07, 6.45) is 0. The Kier molecular flexibility index (Phi) is 386. The Labute approximate surface area is 77.4 Å². The molecule has 0 fully saturated rings.